The van der Waals surface area contributed by atoms with Gasteiger partial charge in [-0.3, -0.25) is 0 Å². The van der Waals surface area contributed by atoms with Gasteiger partial charge in [0.15, 0.2) is 0 Å². The van der Waals surface area contributed by atoms with Crippen LogP contribution >= 0.6 is 23.2 Å². The van der Waals surface area contributed by atoms with E-state index in [1.807, 2.05) is 0 Å². The lowest BCUT2D eigenvalue weighted by atomic mass is 10.0. The van der Waals surface area contributed by atoms with Gasteiger partial charge >= 0.3 is 5.97 Å². The Kier molecular flexibility index (Phi) is 4.63. The maximum Gasteiger partial charge on any atom is 0.338 e. The van der Waals surface area contributed by atoms with Crippen molar-refractivity contribution >= 4 is 29.2 Å². The van der Waals surface area contributed by atoms with Crippen LogP contribution in [0, 0.1) is 5.82 Å². The van der Waals surface area contributed by atoms with E-state index in [9.17, 15) is 9.18 Å². The van der Waals surface area contributed by atoms with E-state index in [1.54, 1.807) is 19.1 Å². The lowest BCUT2D eigenvalue weighted by Gasteiger charge is -2.10. The van der Waals surface area contributed by atoms with Crippen LogP contribution in [0.2, 0.25) is 10.0 Å². The summed E-state index contributed by atoms with van der Waals surface area (Å²) < 4.78 is 17.8. The fourth-order valence-corrected chi connectivity index (χ4v) is 2.50. The molecule has 0 unspecified atom stereocenters. The summed E-state index contributed by atoms with van der Waals surface area (Å²) in [6.45, 7) is 1.99. The molecular weight excluding hydrogens is 302 g/mol. The summed E-state index contributed by atoms with van der Waals surface area (Å²) in [6, 6.07) is 8.77. The molecule has 20 heavy (non-hydrogen) atoms. The van der Waals surface area contributed by atoms with Crippen molar-refractivity contribution in [3.63, 3.8) is 0 Å². The number of esters is 1. The normalized spacial score (nSPS) is 10.4. The van der Waals surface area contributed by atoms with Crippen molar-refractivity contribution in [3.8, 4) is 11.1 Å². The Morgan fingerprint density at radius 3 is 2.20 bits per heavy atom. The van der Waals surface area contributed by atoms with Crippen molar-refractivity contribution in [1.29, 1.82) is 0 Å². The number of carbonyl (C=O) groups is 1. The zero-order chi connectivity index (χ0) is 14.7. The molecule has 0 aliphatic heterocycles. The molecule has 0 fully saturated rings. The van der Waals surface area contributed by atoms with Crippen LogP contribution in [0.25, 0.3) is 11.1 Å². The second kappa shape index (κ2) is 6.25. The monoisotopic (exact) mass is 312 g/mol. The summed E-state index contributed by atoms with van der Waals surface area (Å²) in [5.74, 6) is -0.828. The molecule has 2 rings (SSSR count). The zero-order valence-electron chi connectivity index (χ0n) is 10.6. The lowest BCUT2D eigenvalue weighted by molar-refractivity contribution is 0.0526. The highest BCUT2D eigenvalue weighted by Gasteiger charge is 2.15. The molecule has 0 spiro atoms. The first kappa shape index (κ1) is 14.8. The Balaban J connectivity index is 2.46. The van der Waals surface area contributed by atoms with Gasteiger partial charge in [0, 0.05) is 5.56 Å². The Labute approximate surface area is 126 Å². The fourth-order valence-electron chi connectivity index (χ4n) is 1.80. The Bertz CT molecular complexity index is 616. The van der Waals surface area contributed by atoms with Gasteiger partial charge in [0.1, 0.15) is 5.82 Å². The van der Waals surface area contributed by atoms with Crippen molar-refractivity contribution in [1.82, 2.24) is 0 Å². The van der Waals surface area contributed by atoms with Crippen LogP contribution in [-0.4, -0.2) is 12.6 Å². The van der Waals surface area contributed by atoms with Crippen molar-refractivity contribution in [2.45, 2.75) is 6.92 Å². The minimum Gasteiger partial charge on any atom is -0.462 e. The van der Waals surface area contributed by atoms with Crippen LogP contribution < -0.4 is 0 Å². The van der Waals surface area contributed by atoms with E-state index < -0.39 is 5.97 Å². The first-order valence-electron chi connectivity index (χ1n) is 5.95. The Morgan fingerprint density at radius 2 is 1.70 bits per heavy atom. The van der Waals surface area contributed by atoms with Crippen LogP contribution in [0.4, 0.5) is 4.39 Å². The van der Waals surface area contributed by atoms with Crippen molar-refractivity contribution in [2.24, 2.45) is 0 Å². The van der Waals surface area contributed by atoms with Crippen LogP contribution in [0.15, 0.2) is 36.4 Å². The van der Waals surface area contributed by atoms with E-state index in [4.69, 9.17) is 27.9 Å². The summed E-state index contributed by atoms with van der Waals surface area (Å²) in [4.78, 5) is 11.7. The number of rotatable bonds is 3. The minimum absolute atomic E-state index is 0.272. The van der Waals surface area contributed by atoms with Gasteiger partial charge in [-0.15, -0.1) is 0 Å². The molecule has 2 aromatic carbocycles. The second-order valence-electron chi connectivity index (χ2n) is 4.04. The fraction of sp³-hybridized carbons (Fsp3) is 0.133. The number of hydrogen-bond acceptors (Lipinski definition) is 2. The third-order valence-corrected chi connectivity index (χ3v) is 3.28. The molecule has 2 aromatic rings. The summed E-state index contributed by atoms with van der Waals surface area (Å²) in [5.41, 5.74) is 1.52. The average Bonchev–Trinajstić information content (AvgIpc) is 2.40. The molecule has 0 saturated heterocycles. The molecule has 0 amide bonds. The maximum atomic E-state index is 12.9. The molecule has 5 heteroatoms. The van der Waals surface area contributed by atoms with Gasteiger partial charge in [-0.2, -0.15) is 0 Å². The van der Waals surface area contributed by atoms with Gasteiger partial charge in [-0.25, -0.2) is 9.18 Å². The number of halogens is 3. The SMILES string of the molecule is CCOC(=O)c1cc(Cl)c(-c2ccc(F)cc2)c(Cl)c1. The van der Waals surface area contributed by atoms with Gasteiger partial charge in [0.2, 0.25) is 0 Å². The van der Waals surface area contributed by atoms with Gasteiger partial charge in [0.05, 0.1) is 22.2 Å². The van der Waals surface area contributed by atoms with Crippen LogP contribution in [0.3, 0.4) is 0 Å². The molecule has 0 heterocycles. The van der Waals surface area contributed by atoms with Crippen molar-refractivity contribution in [2.75, 3.05) is 6.61 Å². The van der Waals surface area contributed by atoms with E-state index in [0.29, 0.717) is 21.2 Å². The van der Waals surface area contributed by atoms with E-state index in [0.717, 1.165) is 0 Å². The maximum absolute atomic E-state index is 12.9. The number of carbonyl (C=O) groups excluding carboxylic acids is 1. The van der Waals surface area contributed by atoms with E-state index >= 15 is 0 Å². The van der Waals surface area contributed by atoms with E-state index in [-0.39, 0.29) is 18.0 Å². The predicted molar refractivity (Wildman–Crippen MR) is 77.8 cm³/mol. The Morgan fingerprint density at radius 1 is 1.15 bits per heavy atom. The summed E-state index contributed by atoms with van der Waals surface area (Å²) >= 11 is 12.3. The van der Waals surface area contributed by atoms with Gasteiger partial charge in [-0.1, -0.05) is 35.3 Å². The first-order valence-corrected chi connectivity index (χ1v) is 6.70. The topological polar surface area (TPSA) is 26.3 Å². The third-order valence-electron chi connectivity index (χ3n) is 2.69. The Hall–Kier alpha value is -1.58. The molecule has 104 valence electrons. The van der Waals surface area contributed by atoms with E-state index in [1.165, 1.54) is 24.3 Å². The first-order chi connectivity index (χ1) is 9.52. The zero-order valence-corrected chi connectivity index (χ0v) is 12.1. The smallest absolute Gasteiger partial charge is 0.338 e. The van der Waals surface area contributed by atoms with Gasteiger partial charge in [-0.05, 0) is 36.8 Å². The van der Waals surface area contributed by atoms with Crippen LogP contribution in [0.5, 0.6) is 0 Å². The highest BCUT2D eigenvalue weighted by atomic mass is 35.5. The predicted octanol–water partition coefficient (Wildman–Crippen LogP) is 4.98. The standard InChI is InChI=1S/C15H11Cl2FO2/c1-2-20-15(19)10-7-12(16)14(13(17)8-10)9-3-5-11(18)6-4-9/h3-8H,2H2,1H3. The van der Waals surface area contributed by atoms with E-state index in [2.05, 4.69) is 0 Å². The molecule has 0 aliphatic carbocycles. The number of ether oxygens (including phenoxy) is 1. The highest BCUT2D eigenvalue weighted by molar-refractivity contribution is 6.39. The molecule has 0 saturated carbocycles. The summed E-state index contributed by atoms with van der Waals surface area (Å²) in [5, 5.41) is 0.624. The molecule has 0 radical (unpaired) electrons. The molecule has 0 aromatic heterocycles. The van der Waals surface area contributed by atoms with Gasteiger partial charge in [0.25, 0.3) is 0 Å². The van der Waals surface area contributed by atoms with Crippen LogP contribution in [0.1, 0.15) is 17.3 Å². The third kappa shape index (κ3) is 3.11. The highest BCUT2D eigenvalue weighted by Crippen LogP contribution is 2.36. The molecule has 0 aliphatic rings. The number of benzene rings is 2. The van der Waals surface area contributed by atoms with Crippen LogP contribution in [-0.2, 0) is 4.74 Å². The minimum atomic E-state index is -0.484. The lowest BCUT2D eigenvalue weighted by Crippen LogP contribution is -2.04. The molecule has 0 N–H and O–H groups in total. The van der Waals surface area contributed by atoms with Crippen molar-refractivity contribution < 1.29 is 13.9 Å². The number of hydrogen-bond donors (Lipinski definition) is 0. The van der Waals surface area contributed by atoms with Crippen molar-refractivity contribution in [3.05, 3.63) is 57.8 Å². The quantitative estimate of drug-likeness (QED) is 0.747. The van der Waals surface area contributed by atoms with Gasteiger partial charge < -0.3 is 4.74 Å². The summed E-state index contributed by atoms with van der Waals surface area (Å²) in [7, 11) is 0. The largest absolute Gasteiger partial charge is 0.462 e. The average molecular weight is 313 g/mol. The summed E-state index contributed by atoms with van der Waals surface area (Å²) in [6.07, 6.45) is 0. The molecule has 2 nitrogen and oxygen atoms in total. The molecule has 0 atom stereocenters. The second-order valence-corrected chi connectivity index (χ2v) is 4.86. The molecule has 0 bridgehead atoms. The molecular formula is C15H11Cl2FO2.